The Morgan fingerprint density at radius 1 is 1.06 bits per heavy atom. The van der Waals surface area contributed by atoms with Crippen molar-refractivity contribution in [3.8, 4) is 0 Å². The number of benzene rings is 2. The van der Waals surface area contributed by atoms with Gasteiger partial charge in [0.25, 0.3) is 5.91 Å². The smallest absolute Gasteiger partial charge is 0.313 e. The SMILES string of the molecule is C=CCCC(=O)NC[C@H](OC(=O)[C@@H]1[C@@H]2CC[C@]3(O2)[C@H](C(=O)N(CC=C)c2ccc(N(CC)CC)cc2)N([C@@H](CC)CO)C(=O)[C@@H]13)c1ccccc1. The van der Waals surface area contributed by atoms with E-state index in [-0.39, 0.29) is 37.9 Å². The van der Waals surface area contributed by atoms with Gasteiger partial charge < -0.3 is 34.6 Å². The number of nitrogens with one attached hydrogen (secondary N) is 1. The van der Waals surface area contributed by atoms with Crippen LogP contribution in [0.15, 0.2) is 79.9 Å². The number of fused-ring (bicyclic) bond motifs is 1. The molecule has 3 amide bonds. The number of likely N-dealkylation sites (tertiary alicyclic amines) is 1. The second-order valence-corrected chi connectivity index (χ2v) is 13.4. The molecule has 2 bridgehead atoms. The van der Waals surface area contributed by atoms with E-state index in [2.05, 4.69) is 37.2 Å². The molecule has 5 rings (SSSR count). The van der Waals surface area contributed by atoms with Gasteiger partial charge in [-0.2, -0.15) is 0 Å². The zero-order valence-electron chi connectivity index (χ0n) is 30.0. The van der Waals surface area contributed by atoms with Crippen molar-refractivity contribution in [2.45, 2.75) is 82.8 Å². The minimum absolute atomic E-state index is 0.0486. The Morgan fingerprint density at radius 2 is 1.75 bits per heavy atom. The van der Waals surface area contributed by atoms with Gasteiger partial charge in [-0.05, 0) is 69.4 Å². The summed E-state index contributed by atoms with van der Waals surface area (Å²) in [5.41, 5.74) is 1.08. The van der Waals surface area contributed by atoms with E-state index in [1.165, 1.54) is 4.90 Å². The second-order valence-electron chi connectivity index (χ2n) is 13.4. The van der Waals surface area contributed by atoms with E-state index in [0.29, 0.717) is 36.9 Å². The number of rotatable bonds is 18. The maximum absolute atomic E-state index is 14.9. The first kappa shape index (κ1) is 37.8. The number of esters is 1. The van der Waals surface area contributed by atoms with Crippen molar-refractivity contribution < 1.29 is 33.8 Å². The third-order valence-electron chi connectivity index (χ3n) is 10.7. The Balaban J connectivity index is 1.47. The predicted octanol–water partition coefficient (Wildman–Crippen LogP) is 4.56. The van der Waals surface area contributed by atoms with Gasteiger partial charge in [0.05, 0.1) is 37.1 Å². The van der Waals surface area contributed by atoms with Crippen LogP contribution in [0.4, 0.5) is 11.4 Å². The summed E-state index contributed by atoms with van der Waals surface area (Å²) in [4.78, 5) is 61.5. The lowest BCUT2D eigenvalue weighted by Gasteiger charge is -2.39. The van der Waals surface area contributed by atoms with E-state index in [1.54, 1.807) is 17.1 Å². The van der Waals surface area contributed by atoms with E-state index < -0.39 is 53.6 Å². The lowest BCUT2D eigenvalue weighted by molar-refractivity contribution is -0.161. The van der Waals surface area contributed by atoms with Gasteiger partial charge in [-0.3, -0.25) is 19.2 Å². The Morgan fingerprint density at radius 3 is 2.35 bits per heavy atom. The highest BCUT2D eigenvalue weighted by Crippen LogP contribution is 2.59. The standard InChI is InChI=1S/C40H52N4O7/c1-6-11-17-33(46)41-25-32(27-15-13-12-14-16-27)50-39(49)34-31-22-23-40(51-31)35(34)37(47)44(28(8-3)26-45)36(40)38(48)43(24-7-2)30-20-18-29(19-21-30)42(9-4)10-5/h6-7,12-16,18-21,28,31-32,34-36,45H,1-2,8-11,17,22-26H2,3-5H3,(H,41,46)/t28-,31-,32-,34+,35+,36-,40+/m0/s1. The molecule has 51 heavy (non-hydrogen) atoms. The number of aliphatic hydroxyl groups excluding tert-OH is 1. The lowest BCUT2D eigenvalue weighted by Crippen LogP contribution is -2.59. The average Bonchev–Trinajstić information content (AvgIpc) is 3.80. The molecule has 7 atom stereocenters. The van der Waals surface area contributed by atoms with Crippen LogP contribution in [0, 0.1) is 11.8 Å². The van der Waals surface area contributed by atoms with Gasteiger partial charge in [-0.25, -0.2) is 0 Å². The first-order valence-electron chi connectivity index (χ1n) is 18.2. The monoisotopic (exact) mass is 700 g/mol. The zero-order chi connectivity index (χ0) is 36.7. The molecule has 0 radical (unpaired) electrons. The Labute approximate surface area is 301 Å². The number of anilines is 2. The normalized spacial score (nSPS) is 24.4. The third kappa shape index (κ3) is 7.32. The highest BCUT2D eigenvalue weighted by molar-refractivity contribution is 6.05. The van der Waals surface area contributed by atoms with E-state index >= 15 is 0 Å². The minimum atomic E-state index is -1.28. The van der Waals surface area contributed by atoms with E-state index in [4.69, 9.17) is 9.47 Å². The molecule has 2 aromatic rings. The van der Waals surface area contributed by atoms with Gasteiger partial charge in [0.2, 0.25) is 11.8 Å². The van der Waals surface area contributed by atoms with Crippen molar-refractivity contribution in [1.29, 1.82) is 0 Å². The van der Waals surface area contributed by atoms with Crippen LogP contribution >= 0.6 is 0 Å². The lowest BCUT2D eigenvalue weighted by atomic mass is 9.70. The number of carbonyl (C=O) groups excluding carboxylic acids is 4. The van der Waals surface area contributed by atoms with Crippen LogP contribution in [0.25, 0.3) is 0 Å². The van der Waals surface area contributed by atoms with Crippen LogP contribution in [0.3, 0.4) is 0 Å². The summed E-state index contributed by atoms with van der Waals surface area (Å²) in [6.45, 7) is 15.2. The molecule has 0 aliphatic carbocycles. The van der Waals surface area contributed by atoms with Crippen molar-refractivity contribution in [1.82, 2.24) is 10.2 Å². The van der Waals surface area contributed by atoms with Gasteiger partial charge in [0.1, 0.15) is 17.7 Å². The molecule has 11 nitrogen and oxygen atoms in total. The van der Waals surface area contributed by atoms with Crippen LogP contribution in [-0.4, -0.2) is 90.3 Å². The van der Waals surface area contributed by atoms with Crippen molar-refractivity contribution in [3.05, 3.63) is 85.5 Å². The topological polar surface area (TPSA) is 129 Å². The molecule has 0 unspecified atom stereocenters. The molecular weight excluding hydrogens is 648 g/mol. The first-order chi connectivity index (χ1) is 24.7. The van der Waals surface area contributed by atoms with Crippen molar-refractivity contribution in [3.63, 3.8) is 0 Å². The highest BCUT2D eigenvalue weighted by Gasteiger charge is 2.75. The molecule has 3 heterocycles. The molecule has 11 heteroatoms. The Kier molecular flexibility index (Phi) is 12.4. The summed E-state index contributed by atoms with van der Waals surface area (Å²) in [6, 6.07) is 15.1. The predicted molar refractivity (Wildman–Crippen MR) is 196 cm³/mol. The van der Waals surface area contributed by atoms with Gasteiger partial charge in [-0.15, -0.1) is 13.2 Å². The number of aliphatic hydroxyl groups is 1. The fourth-order valence-corrected chi connectivity index (χ4v) is 8.12. The minimum Gasteiger partial charge on any atom is -0.455 e. The quantitative estimate of drug-likeness (QED) is 0.171. The average molecular weight is 701 g/mol. The van der Waals surface area contributed by atoms with E-state index in [0.717, 1.165) is 18.8 Å². The van der Waals surface area contributed by atoms with Gasteiger partial charge in [-0.1, -0.05) is 49.4 Å². The molecule has 2 N–H and O–H groups in total. The molecule has 274 valence electrons. The number of allylic oxidation sites excluding steroid dienone is 1. The van der Waals surface area contributed by atoms with E-state index in [1.807, 2.05) is 61.5 Å². The summed E-state index contributed by atoms with van der Waals surface area (Å²) >= 11 is 0. The summed E-state index contributed by atoms with van der Waals surface area (Å²) in [7, 11) is 0. The molecule has 0 saturated carbocycles. The Hall–Kier alpha value is -4.48. The maximum Gasteiger partial charge on any atom is 0.313 e. The largest absolute Gasteiger partial charge is 0.455 e. The molecule has 0 aromatic heterocycles. The molecular formula is C40H52N4O7. The number of hydrogen-bond donors (Lipinski definition) is 2. The number of nitrogens with zero attached hydrogens (tertiary/aromatic N) is 3. The highest BCUT2D eigenvalue weighted by atomic mass is 16.6. The van der Waals surface area contributed by atoms with Gasteiger partial charge in [0.15, 0.2) is 0 Å². The Bertz CT molecular complexity index is 1560. The number of ether oxygens (including phenoxy) is 2. The number of hydrogen-bond acceptors (Lipinski definition) is 8. The summed E-state index contributed by atoms with van der Waals surface area (Å²) in [5, 5.41) is 13.3. The van der Waals surface area contributed by atoms with Crippen LogP contribution in [-0.2, 0) is 28.7 Å². The van der Waals surface area contributed by atoms with Gasteiger partial charge in [0, 0.05) is 37.4 Å². The summed E-state index contributed by atoms with van der Waals surface area (Å²) in [6.07, 6.45) is 3.91. The van der Waals surface area contributed by atoms with Crippen LogP contribution < -0.4 is 15.1 Å². The third-order valence-corrected chi connectivity index (χ3v) is 10.7. The van der Waals surface area contributed by atoms with Crippen LogP contribution in [0.5, 0.6) is 0 Å². The molecule has 1 spiro atoms. The molecule has 2 aromatic carbocycles. The second kappa shape index (κ2) is 16.7. The summed E-state index contributed by atoms with van der Waals surface area (Å²) < 4.78 is 12.8. The molecule has 3 saturated heterocycles. The first-order valence-corrected chi connectivity index (χ1v) is 18.2. The summed E-state index contributed by atoms with van der Waals surface area (Å²) in [5.74, 6) is -3.51. The fraction of sp³-hybridized carbons (Fsp3) is 0.500. The van der Waals surface area contributed by atoms with E-state index in [9.17, 15) is 24.3 Å². The number of carbonyl (C=O) groups is 4. The van der Waals surface area contributed by atoms with Crippen LogP contribution in [0.2, 0.25) is 0 Å². The fourth-order valence-electron chi connectivity index (χ4n) is 8.12. The maximum atomic E-state index is 14.9. The van der Waals surface area contributed by atoms with Crippen molar-refractivity contribution in [2.24, 2.45) is 11.8 Å². The van der Waals surface area contributed by atoms with Crippen LogP contribution in [0.1, 0.15) is 64.5 Å². The van der Waals surface area contributed by atoms with Crippen molar-refractivity contribution in [2.75, 3.05) is 42.6 Å². The van der Waals surface area contributed by atoms with Crippen molar-refractivity contribution >= 4 is 35.1 Å². The molecule has 3 aliphatic heterocycles. The molecule has 3 fully saturated rings. The number of amides is 3. The zero-order valence-corrected chi connectivity index (χ0v) is 30.0. The van der Waals surface area contributed by atoms with Gasteiger partial charge >= 0.3 is 5.97 Å². The molecule has 3 aliphatic rings.